The van der Waals surface area contributed by atoms with Crippen LogP contribution in [0.2, 0.25) is 0 Å². The number of halogens is 3. The van der Waals surface area contributed by atoms with E-state index in [4.69, 9.17) is 9.47 Å². The van der Waals surface area contributed by atoms with Crippen LogP contribution in [0, 0.1) is 0 Å². The fraction of sp³-hybridized carbons (Fsp3) is 0.526. The highest BCUT2D eigenvalue weighted by Crippen LogP contribution is 2.35. The molecule has 0 saturated heterocycles. The summed E-state index contributed by atoms with van der Waals surface area (Å²) in [6.07, 6.45) is 3.28. The van der Waals surface area contributed by atoms with Gasteiger partial charge in [0.1, 0.15) is 0 Å². The standard InChI is InChI=1S/C19H23F3N4O3/c1-28-10-11-29-14-4-2-13(3-5-14)25-18(27)16-17(26-9-8-23-12-26)15(6-7-24-16)19(20,21)22/h6-9,12-14H,2-5,10-11H2,1H3,(H,25,27). The summed E-state index contributed by atoms with van der Waals surface area (Å²) in [5, 5.41) is 2.82. The van der Waals surface area contributed by atoms with E-state index in [9.17, 15) is 18.0 Å². The van der Waals surface area contributed by atoms with E-state index >= 15 is 0 Å². The number of pyridine rings is 1. The molecule has 29 heavy (non-hydrogen) atoms. The quantitative estimate of drug-likeness (QED) is 0.708. The fourth-order valence-corrected chi connectivity index (χ4v) is 3.43. The highest BCUT2D eigenvalue weighted by molar-refractivity contribution is 5.96. The lowest BCUT2D eigenvalue weighted by Crippen LogP contribution is -2.40. The average molecular weight is 412 g/mol. The van der Waals surface area contributed by atoms with Gasteiger partial charge in [-0.25, -0.2) is 9.97 Å². The van der Waals surface area contributed by atoms with Gasteiger partial charge in [0, 0.05) is 31.7 Å². The number of rotatable bonds is 7. The maximum absolute atomic E-state index is 13.5. The number of ether oxygens (including phenoxy) is 2. The van der Waals surface area contributed by atoms with Crippen molar-refractivity contribution in [2.45, 2.75) is 44.0 Å². The van der Waals surface area contributed by atoms with Crippen LogP contribution >= 0.6 is 0 Å². The van der Waals surface area contributed by atoms with E-state index in [0.29, 0.717) is 26.1 Å². The lowest BCUT2D eigenvalue weighted by atomic mass is 9.93. The Morgan fingerprint density at radius 2 is 2.00 bits per heavy atom. The summed E-state index contributed by atoms with van der Waals surface area (Å²) >= 11 is 0. The molecule has 1 amide bonds. The number of carbonyl (C=O) groups excluding carboxylic acids is 1. The molecule has 1 aliphatic rings. The number of alkyl halides is 3. The molecule has 0 unspecified atom stereocenters. The fourth-order valence-electron chi connectivity index (χ4n) is 3.43. The summed E-state index contributed by atoms with van der Waals surface area (Å²) in [5.74, 6) is -0.636. The maximum atomic E-state index is 13.5. The van der Waals surface area contributed by atoms with Crippen LogP contribution in [0.15, 0.2) is 31.0 Å². The second-order valence-electron chi connectivity index (χ2n) is 6.83. The van der Waals surface area contributed by atoms with Gasteiger partial charge in [0.05, 0.1) is 36.9 Å². The van der Waals surface area contributed by atoms with Crippen LogP contribution in [-0.4, -0.2) is 52.9 Å². The molecule has 1 fully saturated rings. The van der Waals surface area contributed by atoms with Gasteiger partial charge in [-0.15, -0.1) is 0 Å². The largest absolute Gasteiger partial charge is 0.418 e. The zero-order chi connectivity index (χ0) is 20.9. The molecule has 158 valence electrons. The van der Waals surface area contributed by atoms with E-state index in [1.165, 1.54) is 18.7 Å². The number of hydrogen-bond donors (Lipinski definition) is 1. The third-order valence-corrected chi connectivity index (χ3v) is 4.86. The van der Waals surface area contributed by atoms with Gasteiger partial charge in [0.2, 0.25) is 0 Å². The van der Waals surface area contributed by atoms with E-state index in [0.717, 1.165) is 29.7 Å². The van der Waals surface area contributed by atoms with Gasteiger partial charge >= 0.3 is 6.18 Å². The zero-order valence-corrected chi connectivity index (χ0v) is 16.0. The molecule has 0 radical (unpaired) electrons. The Kier molecular flexibility index (Phi) is 6.86. The molecule has 2 aromatic heterocycles. The molecule has 0 atom stereocenters. The van der Waals surface area contributed by atoms with Gasteiger partial charge in [0.15, 0.2) is 5.69 Å². The second-order valence-corrected chi connectivity index (χ2v) is 6.83. The predicted molar refractivity (Wildman–Crippen MR) is 97.7 cm³/mol. The highest BCUT2D eigenvalue weighted by atomic mass is 19.4. The molecule has 0 bridgehead atoms. The van der Waals surface area contributed by atoms with Crippen LogP contribution in [0.3, 0.4) is 0 Å². The van der Waals surface area contributed by atoms with Crippen LogP contribution < -0.4 is 5.32 Å². The third-order valence-electron chi connectivity index (χ3n) is 4.86. The smallest absolute Gasteiger partial charge is 0.382 e. The van der Waals surface area contributed by atoms with Crippen molar-refractivity contribution in [1.82, 2.24) is 19.9 Å². The first-order chi connectivity index (χ1) is 13.9. The number of carbonyl (C=O) groups is 1. The summed E-state index contributed by atoms with van der Waals surface area (Å²) in [6, 6.07) is 0.714. The van der Waals surface area contributed by atoms with Crippen molar-refractivity contribution in [3.63, 3.8) is 0 Å². The Hall–Kier alpha value is -2.46. The molecule has 1 N–H and O–H groups in total. The first kappa shape index (κ1) is 21.3. The van der Waals surface area contributed by atoms with E-state index in [1.54, 1.807) is 7.11 Å². The minimum Gasteiger partial charge on any atom is -0.382 e. The van der Waals surface area contributed by atoms with Crippen LogP contribution in [0.5, 0.6) is 0 Å². The molecule has 0 aliphatic heterocycles. The van der Waals surface area contributed by atoms with Crippen LogP contribution in [0.4, 0.5) is 13.2 Å². The van der Waals surface area contributed by atoms with Gasteiger partial charge < -0.3 is 19.4 Å². The van der Waals surface area contributed by atoms with Crippen molar-refractivity contribution in [3.8, 4) is 5.69 Å². The highest BCUT2D eigenvalue weighted by Gasteiger charge is 2.37. The van der Waals surface area contributed by atoms with E-state index in [2.05, 4.69) is 15.3 Å². The number of amides is 1. The number of aromatic nitrogens is 3. The van der Waals surface area contributed by atoms with Crippen molar-refractivity contribution in [2.75, 3.05) is 20.3 Å². The monoisotopic (exact) mass is 412 g/mol. The minimum atomic E-state index is -4.63. The molecule has 0 spiro atoms. The van der Waals surface area contributed by atoms with Crippen molar-refractivity contribution < 1.29 is 27.4 Å². The molecule has 10 heteroatoms. The normalized spacial score (nSPS) is 19.9. The summed E-state index contributed by atoms with van der Waals surface area (Å²) < 4.78 is 52.3. The molecule has 7 nitrogen and oxygen atoms in total. The van der Waals surface area contributed by atoms with E-state index in [1.807, 2.05) is 0 Å². The Morgan fingerprint density at radius 1 is 1.24 bits per heavy atom. The molecule has 1 saturated carbocycles. The van der Waals surface area contributed by atoms with Crippen molar-refractivity contribution in [1.29, 1.82) is 0 Å². The molecule has 2 heterocycles. The Balaban J connectivity index is 1.72. The third kappa shape index (κ3) is 5.33. The Morgan fingerprint density at radius 3 is 2.62 bits per heavy atom. The minimum absolute atomic E-state index is 0.103. The Bertz CT molecular complexity index is 804. The molecule has 2 aromatic rings. The van der Waals surface area contributed by atoms with Crippen molar-refractivity contribution >= 4 is 5.91 Å². The van der Waals surface area contributed by atoms with E-state index < -0.39 is 17.6 Å². The SMILES string of the molecule is COCCOC1CCC(NC(=O)c2nccc(C(F)(F)F)c2-n2ccnc2)CC1. The summed E-state index contributed by atoms with van der Waals surface area (Å²) in [4.78, 5) is 20.5. The average Bonchev–Trinajstić information content (AvgIpc) is 3.23. The van der Waals surface area contributed by atoms with Gasteiger partial charge in [-0.2, -0.15) is 13.2 Å². The van der Waals surface area contributed by atoms with Crippen LogP contribution in [0.25, 0.3) is 5.69 Å². The summed E-state index contributed by atoms with van der Waals surface area (Å²) in [7, 11) is 1.61. The van der Waals surface area contributed by atoms with Crippen molar-refractivity contribution in [3.05, 3.63) is 42.2 Å². The van der Waals surface area contributed by atoms with Crippen LogP contribution in [0.1, 0.15) is 41.7 Å². The Labute approximate surface area is 166 Å². The lowest BCUT2D eigenvalue weighted by Gasteiger charge is -2.29. The lowest BCUT2D eigenvalue weighted by molar-refractivity contribution is -0.137. The first-order valence-electron chi connectivity index (χ1n) is 9.36. The molecule has 0 aromatic carbocycles. The van der Waals surface area contributed by atoms with Gasteiger partial charge in [-0.3, -0.25) is 4.79 Å². The number of nitrogens with one attached hydrogen (secondary N) is 1. The number of methoxy groups -OCH3 is 1. The molecule has 1 aliphatic carbocycles. The number of hydrogen-bond acceptors (Lipinski definition) is 5. The maximum Gasteiger partial charge on any atom is 0.418 e. The predicted octanol–water partition coefficient (Wildman–Crippen LogP) is 2.99. The van der Waals surface area contributed by atoms with Crippen LogP contribution in [-0.2, 0) is 15.7 Å². The first-order valence-corrected chi connectivity index (χ1v) is 9.36. The van der Waals surface area contributed by atoms with Gasteiger partial charge in [0.25, 0.3) is 5.91 Å². The van der Waals surface area contributed by atoms with Gasteiger partial charge in [-0.05, 0) is 31.7 Å². The summed E-state index contributed by atoms with van der Waals surface area (Å²) in [6.45, 7) is 1.04. The molecule has 3 rings (SSSR count). The van der Waals surface area contributed by atoms with E-state index in [-0.39, 0.29) is 23.5 Å². The summed E-state index contributed by atoms with van der Waals surface area (Å²) in [5.41, 5.74) is -1.55. The number of nitrogens with zero attached hydrogens (tertiary/aromatic N) is 3. The molecular formula is C19H23F3N4O3. The number of imidazole rings is 1. The van der Waals surface area contributed by atoms with Gasteiger partial charge in [-0.1, -0.05) is 0 Å². The van der Waals surface area contributed by atoms with Crippen molar-refractivity contribution in [2.24, 2.45) is 0 Å². The zero-order valence-electron chi connectivity index (χ0n) is 16.0. The molecular weight excluding hydrogens is 389 g/mol. The second kappa shape index (κ2) is 9.36. The topological polar surface area (TPSA) is 78.3 Å².